The quantitative estimate of drug-likeness (QED) is 0.462. The fourth-order valence-electron chi connectivity index (χ4n) is 2.72. The van der Waals surface area contributed by atoms with Crippen LogP contribution in [0.4, 0.5) is 0 Å². The Labute approximate surface area is 138 Å². The molecule has 0 saturated carbocycles. The largest absolute Gasteiger partial charge is 1.00 e. The Balaban J connectivity index is 0.00000132. The third-order valence-corrected chi connectivity index (χ3v) is 4.85. The van der Waals surface area contributed by atoms with E-state index in [1.54, 1.807) is 0 Å². The molecule has 0 aliphatic heterocycles. The summed E-state index contributed by atoms with van der Waals surface area (Å²) in [4.78, 5) is 1.32. The van der Waals surface area contributed by atoms with Gasteiger partial charge in [-0.15, -0.1) is 0 Å². The van der Waals surface area contributed by atoms with Crippen LogP contribution in [0.3, 0.4) is 0 Å². The monoisotopic (exact) mass is 355 g/mol. The summed E-state index contributed by atoms with van der Waals surface area (Å²) in [6.45, 7) is 2.19. The summed E-state index contributed by atoms with van der Waals surface area (Å²) < 4.78 is 3.63. The molecule has 0 bridgehead atoms. The van der Waals surface area contributed by atoms with Crippen molar-refractivity contribution in [3.63, 3.8) is 0 Å². The summed E-state index contributed by atoms with van der Waals surface area (Å²) in [6.07, 6.45) is 2.18. The molecule has 0 unspecified atom stereocenters. The van der Waals surface area contributed by atoms with Crippen molar-refractivity contribution in [3.05, 3.63) is 72.4 Å². The predicted molar refractivity (Wildman–Crippen MR) is 87.4 cm³/mol. The minimum atomic E-state index is 0. The number of thiazole rings is 1. The van der Waals surface area contributed by atoms with Crippen LogP contribution in [0.15, 0.2) is 66.9 Å². The Morgan fingerprint density at radius 2 is 1.67 bits per heavy atom. The Hall–Kier alpha value is -1.71. The highest BCUT2D eigenvalue weighted by atomic mass is 79.9. The SMILES string of the molecule is C[c+]1ccn2c(sc3ccccc32)c1-c1ccccc1.[Br-]. The first kappa shape index (κ1) is 14.2. The lowest BCUT2D eigenvalue weighted by Gasteiger charge is -2.00. The van der Waals surface area contributed by atoms with E-state index in [1.807, 2.05) is 11.3 Å². The number of fused-ring (bicyclic) bond motifs is 3. The molecular formula is C18H14BrNS. The molecule has 2 aromatic carbocycles. The predicted octanol–water partition coefficient (Wildman–Crippen LogP) is 2.41. The molecule has 0 N–H and O–H groups in total. The van der Waals surface area contributed by atoms with Crippen LogP contribution >= 0.6 is 11.3 Å². The highest BCUT2D eigenvalue weighted by Gasteiger charge is 2.18. The van der Waals surface area contributed by atoms with Crippen molar-refractivity contribution in [1.29, 1.82) is 0 Å². The third-order valence-electron chi connectivity index (χ3n) is 3.69. The number of para-hydroxylation sites is 1. The molecule has 21 heavy (non-hydrogen) atoms. The second kappa shape index (κ2) is 5.58. The lowest BCUT2D eigenvalue weighted by molar-refractivity contribution is -0.00000381. The van der Waals surface area contributed by atoms with Crippen LogP contribution in [0.25, 0.3) is 26.2 Å². The highest BCUT2D eigenvalue weighted by Crippen LogP contribution is 2.35. The number of hydrogen-bond acceptors (Lipinski definition) is 1. The van der Waals surface area contributed by atoms with Gasteiger partial charge in [0.2, 0.25) is 0 Å². The molecule has 104 valence electrons. The van der Waals surface area contributed by atoms with Crippen LogP contribution in [-0.4, -0.2) is 4.40 Å². The first-order chi connectivity index (χ1) is 9.84. The Morgan fingerprint density at radius 3 is 2.48 bits per heavy atom. The van der Waals surface area contributed by atoms with Gasteiger partial charge in [-0.25, -0.2) is 4.40 Å². The van der Waals surface area contributed by atoms with Crippen LogP contribution in [-0.2, 0) is 0 Å². The van der Waals surface area contributed by atoms with E-state index in [1.165, 1.54) is 31.7 Å². The van der Waals surface area contributed by atoms with E-state index in [-0.39, 0.29) is 17.0 Å². The molecule has 4 rings (SSSR count). The molecule has 0 spiro atoms. The van der Waals surface area contributed by atoms with Gasteiger partial charge in [0.15, 0.2) is 4.83 Å². The first-order valence-electron chi connectivity index (χ1n) is 6.72. The summed E-state index contributed by atoms with van der Waals surface area (Å²) in [6, 6.07) is 21.4. The van der Waals surface area contributed by atoms with E-state index in [4.69, 9.17) is 0 Å². The molecule has 1 nitrogen and oxygen atoms in total. The second-order valence-electron chi connectivity index (χ2n) is 4.98. The number of pyridine rings is 1. The van der Waals surface area contributed by atoms with Crippen molar-refractivity contribution in [2.75, 3.05) is 0 Å². The average Bonchev–Trinajstić information content (AvgIpc) is 2.86. The smallest absolute Gasteiger partial charge is 0.196 e. The number of benzene rings is 2. The molecule has 0 saturated heterocycles. The van der Waals surface area contributed by atoms with Gasteiger partial charge in [-0.05, 0) is 31.2 Å². The molecule has 0 radical (unpaired) electrons. The van der Waals surface area contributed by atoms with Gasteiger partial charge in [0.1, 0.15) is 5.56 Å². The van der Waals surface area contributed by atoms with Gasteiger partial charge in [-0.2, -0.15) is 0 Å². The van der Waals surface area contributed by atoms with Crippen LogP contribution < -0.4 is 17.0 Å². The summed E-state index contributed by atoms with van der Waals surface area (Å²) in [7, 11) is 0. The maximum Gasteiger partial charge on any atom is 0.196 e. The van der Waals surface area contributed by atoms with Crippen LogP contribution in [0.5, 0.6) is 0 Å². The van der Waals surface area contributed by atoms with Gasteiger partial charge in [-0.3, -0.25) is 0 Å². The molecule has 0 fully saturated rings. The van der Waals surface area contributed by atoms with Crippen molar-refractivity contribution in [3.8, 4) is 11.1 Å². The van der Waals surface area contributed by atoms with E-state index in [2.05, 4.69) is 78.2 Å². The number of hydrogen-bond donors (Lipinski definition) is 0. The Kier molecular flexibility index (Phi) is 3.79. The Bertz CT molecular complexity index is 912. The Morgan fingerprint density at radius 1 is 0.952 bits per heavy atom. The maximum absolute atomic E-state index is 2.30. The van der Waals surface area contributed by atoms with Gasteiger partial charge in [0.05, 0.1) is 22.0 Å². The zero-order valence-electron chi connectivity index (χ0n) is 11.6. The van der Waals surface area contributed by atoms with Gasteiger partial charge in [0, 0.05) is 11.6 Å². The van der Waals surface area contributed by atoms with Gasteiger partial charge in [0.25, 0.3) is 0 Å². The van der Waals surface area contributed by atoms with E-state index in [9.17, 15) is 0 Å². The molecule has 0 atom stereocenters. The number of nitrogens with zero attached hydrogens (tertiary/aromatic N) is 1. The zero-order chi connectivity index (χ0) is 13.5. The molecule has 3 heteroatoms. The lowest BCUT2D eigenvalue weighted by Crippen LogP contribution is -3.00. The number of aromatic nitrogens is 1. The van der Waals surface area contributed by atoms with Crippen molar-refractivity contribution in [2.24, 2.45) is 0 Å². The lowest BCUT2D eigenvalue weighted by atomic mass is 10.0. The number of aryl methyl sites for hydroxylation is 1. The summed E-state index contributed by atoms with van der Waals surface area (Å²) in [5.41, 5.74) is 5.23. The van der Waals surface area contributed by atoms with Crippen molar-refractivity contribution < 1.29 is 17.0 Å². The average molecular weight is 356 g/mol. The van der Waals surface area contributed by atoms with Gasteiger partial charge < -0.3 is 17.0 Å². The van der Waals surface area contributed by atoms with Crippen LogP contribution in [0, 0.1) is 6.92 Å². The summed E-state index contributed by atoms with van der Waals surface area (Å²) in [5.74, 6) is 0. The second-order valence-corrected chi connectivity index (χ2v) is 6.02. The molecule has 0 amide bonds. The zero-order valence-corrected chi connectivity index (χ0v) is 14.0. The molecule has 4 aromatic rings. The summed E-state index contributed by atoms with van der Waals surface area (Å²) in [5, 5.41) is 0. The summed E-state index contributed by atoms with van der Waals surface area (Å²) >= 11 is 1.86. The van der Waals surface area contributed by atoms with E-state index in [0.717, 1.165) is 0 Å². The maximum atomic E-state index is 2.30. The van der Waals surface area contributed by atoms with Crippen molar-refractivity contribution in [1.82, 2.24) is 4.40 Å². The number of rotatable bonds is 1. The molecule has 0 aliphatic carbocycles. The van der Waals surface area contributed by atoms with Crippen molar-refractivity contribution >= 4 is 26.4 Å². The van der Waals surface area contributed by atoms with E-state index >= 15 is 0 Å². The van der Waals surface area contributed by atoms with Gasteiger partial charge >= 0.3 is 0 Å². The van der Waals surface area contributed by atoms with E-state index in [0.29, 0.717) is 0 Å². The van der Waals surface area contributed by atoms with Crippen LogP contribution in [0.2, 0.25) is 0 Å². The third kappa shape index (κ3) is 2.27. The molecule has 0 aliphatic rings. The highest BCUT2D eigenvalue weighted by molar-refractivity contribution is 7.24. The van der Waals surface area contributed by atoms with Crippen LogP contribution in [0.1, 0.15) is 5.56 Å². The fourth-order valence-corrected chi connectivity index (χ4v) is 3.98. The first-order valence-corrected chi connectivity index (χ1v) is 7.54. The minimum Gasteiger partial charge on any atom is -1.00 e. The van der Waals surface area contributed by atoms with Gasteiger partial charge in [-0.1, -0.05) is 41.7 Å². The normalized spacial score (nSPS) is 10.7. The molecule has 2 aromatic heterocycles. The standard InChI is InChI=1S/C18H14NS.BrH/c1-13-11-12-19-15-9-5-6-10-16(15)20-18(19)17(13)14-7-3-2-4-8-14;/h2-12H,1H3;1H/q+1;/p-1. The molecule has 2 heterocycles. The minimum absolute atomic E-state index is 0. The molecular weight excluding hydrogens is 342 g/mol. The van der Waals surface area contributed by atoms with E-state index < -0.39 is 0 Å². The fraction of sp³-hybridized carbons (Fsp3) is 0.0556. The topological polar surface area (TPSA) is 4.41 Å². The van der Waals surface area contributed by atoms with Crippen molar-refractivity contribution in [2.45, 2.75) is 6.92 Å². The number of halogens is 1.